The van der Waals surface area contributed by atoms with Crippen molar-refractivity contribution in [2.45, 2.75) is 6.92 Å². The Hall–Kier alpha value is -2.16. The number of hydrogen-bond donors (Lipinski definition) is 3. The van der Waals surface area contributed by atoms with Crippen LogP contribution in [-0.4, -0.2) is 10.2 Å². The van der Waals surface area contributed by atoms with Gasteiger partial charge in [-0.05, 0) is 42.3 Å². The summed E-state index contributed by atoms with van der Waals surface area (Å²) >= 11 is 0. The van der Waals surface area contributed by atoms with Crippen molar-refractivity contribution in [2.75, 3.05) is 5.73 Å². The monoisotopic (exact) mass is 215 g/mol. The molecule has 2 aromatic rings. The van der Waals surface area contributed by atoms with E-state index < -0.39 is 0 Å². The van der Waals surface area contributed by atoms with Crippen molar-refractivity contribution in [3.8, 4) is 22.6 Å². The second kappa shape index (κ2) is 3.77. The summed E-state index contributed by atoms with van der Waals surface area (Å²) in [5.41, 5.74) is 8.32. The van der Waals surface area contributed by atoms with E-state index in [2.05, 4.69) is 0 Å². The molecule has 0 saturated heterocycles. The van der Waals surface area contributed by atoms with Gasteiger partial charge in [0.2, 0.25) is 0 Å². The van der Waals surface area contributed by atoms with Gasteiger partial charge >= 0.3 is 0 Å². The maximum atomic E-state index is 9.80. The van der Waals surface area contributed by atoms with Crippen molar-refractivity contribution >= 4 is 5.69 Å². The molecule has 0 saturated carbocycles. The highest BCUT2D eigenvalue weighted by molar-refractivity contribution is 5.73. The molecule has 3 heteroatoms. The molecule has 0 aliphatic carbocycles. The van der Waals surface area contributed by atoms with Gasteiger partial charge < -0.3 is 15.9 Å². The Kier molecular flexibility index (Phi) is 2.44. The van der Waals surface area contributed by atoms with E-state index in [1.54, 1.807) is 43.3 Å². The standard InChI is InChI=1S/C13H13NO2/c1-8-6-13(16)11(7-12(8)15)9-2-4-10(14)5-3-9/h2-7,15-16H,14H2,1H3. The molecule has 0 spiro atoms. The first-order valence-corrected chi connectivity index (χ1v) is 4.96. The fourth-order valence-corrected chi connectivity index (χ4v) is 1.58. The summed E-state index contributed by atoms with van der Waals surface area (Å²) < 4.78 is 0. The highest BCUT2D eigenvalue weighted by Gasteiger charge is 2.07. The molecule has 0 amide bonds. The van der Waals surface area contributed by atoms with E-state index in [4.69, 9.17) is 5.73 Å². The average molecular weight is 215 g/mol. The quantitative estimate of drug-likeness (QED) is 0.506. The number of rotatable bonds is 1. The van der Waals surface area contributed by atoms with E-state index in [0.717, 1.165) is 5.56 Å². The molecule has 16 heavy (non-hydrogen) atoms. The number of phenolic OH excluding ortho intramolecular Hbond substituents is 2. The van der Waals surface area contributed by atoms with Gasteiger partial charge in [0.15, 0.2) is 0 Å². The highest BCUT2D eigenvalue weighted by Crippen LogP contribution is 2.34. The summed E-state index contributed by atoms with van der Waals surface area (Å²) in [6.07, 6.45) is 0. The molecular weight excluding hydrogens is 202 g/mol. The molecule has 0 aliphatic heterocycles. The zero-order chi connectivity index (χ0) is 11.7. The molecule has 2 rings (SSSR count). The minimum Gasteiger partial charge on any atom is -0.508 e. The maximum Gasteiger partial charge on any atom is 0.123 e. The molecule has 0 aliphatic rings. The molecule has 0 atom stereocenters. The van der Waals surface area contributed by atoms with E-state index in [9.17, 15) is 10.2 Å². The van der Waals surface area contributed by atoms with Crippen molar-refractivity contribution in [3.05, 3.63) is 42.0 Å². The summed E-state index contributed by atoms with van der Waals surface area (Å²) in [6.45, 7) is 1.74. The first kappa shape index (κ1) is 10.4. The predicted octanol–water partition coefficient (Wildman–Crippen LogP) is 2.66. The lowest BCUT2D eigenvalue weighted by Crippen LogP contribution is -1.85. The molecule has 0 radical (unpaired) electrons. The van der Waals surface area contributed by atoms with E-state index in [1.807, 2.05) is 0 Å². The van der Waals surface area contributed by atoms with Crippen LogP contribution < -0.4 is 5.73 Å². The summed E-state index contributed by atoms with van der Waals surface area (Å²) in [7, 11) is 0. The molecule has 0 aromatic heterocycles. The average Bonchev–Trinajstić information content (AvgIpc) is 2.25. The number of benzene rings is 2. The Bertz CT molecular complexity index is 518. The van der Waals surface area contributed by atoms with Crippen molar-refractivity contribution in [1.29, 1.82) is 0 Å². The largest absolute Gasteiger partial charge is 0.508 e. The van der Waals surface area contributed by atoms with Gasteiger partial charge in [0.25, 0.3) is 0 Å². The Balaban J connectivity index is 2.56. The predicted molar refractivity (Wildman–Crippen MR) is 64.4 cm³/mol. The van der Waals surface area contributed by atoms with Crippen LogP contribution in [0.25, 0.3) is 11.1 Å². The van der Waals surface area contributed by atoms with E-state index >= 15 is 0 Å². The second-order valence-electron chi connectivity index (χ2n) is 3.78. The Morgan fingerprint density at radius 3 is 2.19 bits per heavy atom. The van der Waals surface area contributed by atoms with Crippen molar-refractivity contribution in [2.24, 2.45) is 0 Å². The van der Waals surface area contributed by atoms with Gasteiger partial charge in [-0.25, -0.2) is 0 Å². The molecule has 0 unspecified atom stereocenters. The van der Waals surface area contributed by atoms with Crippen LogP contribution in [-0.2, 0) is 0 Å². The summed E-state index contributed by atoms with van der Waals surface area (Å²) in [4.78, 5) is 0. The molecule has 0 bridgehead atoms. The van der Waals surface area contributed by atoms with E-state index in [-0.39, 0.29) is 11.5 Å². The lowest BCUT2D eigenvalue weighted by atomic mass is 10.0. The molecule has 4 N–H and O–H groups in total. The third kappa shape index (κ3) is 1.80. The van der Waals surface area contributed by atoms with Crippen LogP contribution in [0.3, 0.4) is 0 Å². The van der Waals surface area contributed by atoms with Crippen LogP contribution in [0, 0.1) is 6.92 Å². The van der Waals surface area contributed by atoms with Gasteiger partial charge in [-0.1, -0.05) is 12.1 Å². The van der Waals surface area contributed by atoms with Crippen LogP contribution in [0.15, 0.2) is 36.4 Å². The van der Waals surface area contributed by atoms with Gasteiger partial charge in [0, 0.05) is 11.3 Å². The Labute approximate surface area is 93.8 Å². The number of aromatic hydroxyl groups is 2. The minimum absolute atomic E-state index is 0.153. The number of aryl methyl sites for hydroxylation is 1. The molecular formula is C13H13NO2. The van der Waals surface area contributed by atoms with Crippen molar-refractivity contribution in [1.82, 2.24) is 0 Å². The van der Waals surface area contributed by atoms with Crippen LogP contribution >= 0.6 is 0 Å². The van der Waals surface area contributed by atoms with Gasteiger partial charge in [-0.3, -0.25) is 0 Å². The molecule has 3 nitrogen and oxygen atoms in total. The number of nitrogen functional groups attached to an aromatic ring is 1. The molecule has 2 aromatic carbocycles. The first-order valence-electron chi connectivity index (χ1n) is 4.96. The third-order valence-electron chi connectivity index (χ3n) is 2.54. The third-order valence-corrected chi connectivity index (χ3v) is 2.54. The van der Waals surface area contributed by atoms with Gasteiger partial charge in [0.1, 0.15) is 11.5 Å². The lowest BCUT2D eigenvalue weighted by Gasteiger charge is -2.08. The summed E-state index contributed by atoms with van der Waals surface area (Å²) in [5, 5.41) is 19.4. The topological polar surface area (TPSA) is 66.5 Å². The van der Waals surface area contributed by atoms with Crippen molar-refractivity contribution in [3.63, 3.8) is 0 Å². The van der Waals surface area contributed by atoms with Gasteiger partial charge in [-0.15, -0.1) is 0 Å². The fraction of sp³-hybridized carbons (Fsp3) is 0.0769. The summed E-state index contributed by atoms with van der Waals surface area (Å²) in [5.74, 6) is 0.324. The van der Waals surface area contributed by atoms with Crippen LogP contribution in [0.4, 0.5) is 5.69 Å². The molecule has 82 valence electrons. The number of anilines is 1. The Morgan fingerprint density at radius 1 is 0.938 bits per heavy atom. The lowest BCUT2D eigenvalue weighted by molar-refractivity contribution is 0.458. The van der Waals surface area contributed by atoms with Gasteiger partial charge in [-0.2, -0.15) is 0 Å². The highest BCUT2D eigenvalue weighted by atomic mass is 16.3. The SMILES string of the molecule is Cc1cc(O)c(-c2ccc(N)cc2)cc1O. The smallest absolute Gasteiger partial charge is 0.123 e. The minimum atomic E-state index is 0.153. The van der Waals surface area contributed by atoms with E-state index in [1.165, 1.54) is 0 Å². The Morgan fingerprint density at radius 2 is 1.56 bits per heavy atom. The number of nitrogens with two attached hydrogens (primary N) is 1. The van der Waals surface area contributed by atoms with Crippen LogP contribution in [0.1, 0.15) is 5.56 Å². The first-order chi connectivity index (χ1) is 7.58. The van der Waals surface area contributed by atoms with Crippen LogP contribution in [0.5, 0.6) is 11.5 Å². The number of phenols is 2. The normalized spacial score (nSPS) is 10.3. The maximum absolute atomic E-state index is 9.80. The zero-order valence-corrected chi connectivity index (χ0v) is 8.94. The number of hydrogen-bond acceptors (Lipinski definition) is 3. The zero-order valence-electron chi connectivity index (χ0n) is 8.94. The second-order valence-corrected chi connectivity index (χ2v) is 3.78. The molecule has 0 heterocycles. The van der Waals surface area contributed by atoms with Crippen molar-refractivity contribution < 1.29 is 10.2 Å². The van der Waals surface area contributed by atoms with Gasteiger partial charge in [0.05, 0.1) is 0 Å². The fourth-order valence-electron chi connectivity index (χ4n) is 1.58. The van der Waals surface area contributed by atoms with Crippen LogP contribution in [0.2, 0.25) is 0 Å². The van der Waals surface area contributed by atoms with E-state index in [0.29, 0.717) is 16.8 Å². The summed E-state index contributed by atoms with van der Waals surface area (Å²) in [6, 6.07) is 10.2. The molecule has 0 fully saturated rings.